The second-order valence-corrected chi connectivity index (χ2v) is 6.17. The van der Waals surface area contributed by atoms with Gasteiger partial charge in [0, 0.05) is 25.9 Å². The maximum absolute atomic E-state index is 11.9. The number of nitrogens with zero attached hydrogens (tertiary/aromatic N) is 2. The SMILES string of the molecule is COC(=O)[C@H](CCC(=O)Nc1nccn1C)NC(=O)OC(C)(C)C. The van der Waals surface area contributed by atoms with Crippen molar-refractivity contribution in [2.24, 2.45) is 7.05 Å². The molecule has 0 aliphatic heterocycles. The van der Waals surface area contributed by atoms with Crippen LogP contribution in [0.3, 0.4) is 0 Å². The van der Waals surface area contributed by atoms with Gasteiger partial charge in [-0.2, -0.15) is 0 Å². The van der Waals surface area contributed by atoms with Crippen molar-refractivity contribution < 1.29 is 23.9 Å². The normalized spacial score (nSPS) is 12.2. The summed E-state index contributed by atoms with van der Waals surface area (Å²) in [6, 6.07) is -0.975. The van der Waals surface area contributed by atoms with Gasteiger partial charge >= 0.3 is 12.1 Å². The Morgan fingerprint density at radius 1 is 1.33 bits per heavy atom. The number of hydrogen-bond acceptors (Lipinski definition) is 6. The lowest BCUT2D eigenvalue weighted by molar-refractivity contribution is -0.143. The summed E-state index contributed by atoms with van der Waals surface area (Å²) in [5.41, 5.74) is -0.694. The summed E-state index contributed by atoms with van der Waals surface area (Å²) in [5.74, 6) is -0.579. The van der Waals surface area contributed by atoms with Crippen LogP contribution in [-0.2, 0) is 26.1 Å². The number of amides is 2. The molecule has 0 bridgehead atoms. The van der Waals surface area contributed by atoms with Crippen LogP contribution in [0.5, 0.6) is 0 Å². The van der Waals surface area contributed by atoms with E-state index in [1.807, 2.05) is 0 Å². The van der Waals surface area contributed by atoms with Crippen LogP contribution in [0.4, 0.5) is 10.7 Å². The Kier molecular flexibility index (Phi) is 6.75. The van der Waals surface area contributed by atoms with Crippen LogP contribution in [-0.4, -0.2) is 46.3 Å². The minimum absolute atomic E-state index is 0.00241. The summed E-state index contributed by atoms with van der Waals surface area (Å²) in [4.78, 5) is 39.4. The van der Waals surface area contributed by atoms with Gasteiger partial charge in [0.1, 0.15) is 11.6 Å². The van der Waals surface area contributed by atoms with Crippen LogP contribution in [0.2, 0.25) is 0 Å². The molecular weight excluding hydrogens is 316 g/mol. The summed E-state index contributed by atoms with van der Waals surface area (Å²) < 4.78 is 11.4. The fourth-order valence-corrected chi connectivity index (χ4v) is 1.79. The molecule has 1 atom stereocenters. The number of aromatic nitrogens is 2. The van der Waals surface area contributed by atoms with E-state index in [2.05, 4.69) is 20.4 Å². The van der Waals surface area contributed by atoms with Gasteiger partial charge in [0.15, 0.2) is 0 Å². The zero-order valence-electron chi connectivity index (χ0n) is 14.6. The molecule has 24 heavy (non-hydrogen) atoms. The van der Waals surface area contributed by atoms with E-state index in [0.29, 0.717) is 5.95 Å². The second-order valence-electron chi connectivity index (χ2n) is 6.17. The molecule has 0 radical (unpaired) electrons. The Bertz CT molecular complexity index is 591. The fraction of sp³-hybridized carbons (Fsp3) is 0.600. The number of carbonyl (C=O) groups is 3. The Balaban J connectivity index is 2.57. The fourth-order valence-electron chi connectivity index (χ4n) is 1.79. The molecule has 0 saturated carbocycles. The molecule has 9 nitrogen and oxygen atoms in total. The minimum Gasteiger partial charge on any atom is -0.467 e. The van der Waals surface area contributed by atoms with Gasteiger partial charge in [-0.3, -0.25) is 10.1 Å². The van der Waals surface area contributed by atoms with Crippen molar-refractivity contribution in [3.63, 3.8) is 0 Å². The van der Waals surface area contributed by atoms with Gasteiger partial charge in [0.2, 0.25) is 11.9 Å². The third kappa shape index (κ3) is 6.67. The molecule has 1 rings (SSSR count). The summed E-state index contributed by atoms with van der Waals surface area (Å²) >= 11 is 0. The molecule has 1 aromatic heterocycles. The Morgan fingerprint density at radius 2 is 2.00 bits per heavy atom. The van der Waals surface area contributed by atoms with Crippen LogP contribution in [0.15, 0.2) is 12.4 Å². The third-order valence-corrected chi connectivity index (χ3v) is 2.91. The van der Waals surface area contributed by atoms with Crippen molar-refractivity contribution in [3.8, 4) is 0 Å². The molecule has 134 valence electrons. The van der Waals surface area contributed by atoms with Gasteiger partial charge in [-0.15, -0.1) is 0 Å². The number of rotatable bonds is 6. The second kappa shape index (κ2) is 8.32. The molecule has 1 aromatic rings. The molecule has 0 saturated heterocycles. The van der Waals surface area contributed by atoms with Gasteiger partial charge in [-0.1, -0.05) is 0 Å². The van der Waals surface area contributed by atoms with E-state index < -0.39 is 23.7 Å². The van der Waals surface area contributed by atoms with Crippen LogP contribution < -0.4 is 10.6 Å². The van der Waals surface area contributed by atoms with Crippen molar-refractivity contribution in [1.82, 2.24) is 14.9 Å². The highest BCUT2D eigenvalue weighted by atomic mass is 16.6. The van der Waals surface area contributed by atoms with E-state index in [0.717, 1.165) is 0 Å². The maximum atomic E-state index is 11.9. The Labute approximate surface area is 140 Å². The topological polar surface area (TPSA) is 112 Å². The molecule has 0 spiro atoms. The van der Waals surface area contributed by atoms with Crippen molar-refractivity contribution in [1.29, 1.82) is 0 Å². The van der Waals surface area contributed by atoms with Gasteiger partial charge in [0.05, 0.1) is 7.11 Å². The zero-order valence-corrected chi connectivity index (χ0v) is 14.6. The molecular formula is C15H24N4O5. The van der Waals surface area contributed by atoms with Crippen LogP contribution in [0.25, 0.3) is 0 Å². The van der Waals surface area contributed by atoms with Gasteiger partial charge in [0.25, 0.3) is 0 Å². The maximum Gasteiger partial charge on any atom is 0.408 e. The zero-order chi connectivity index (χ0) is 18.3. The first-order valence-corrected chi connectivity index (χ1v) is 7.47. The number of anilines is 1. The summed E-state index contributed by atoms with van der Waals surface area (Å²) in [6.45, 7) is 5.13. The van der Waals surface area contributed by atoms with E-state index in [-0.39, 0.29) is 18.7 Å². The van der Waals surface area contributed by atoms with E-state index in [9.17, 15) is 14.4 Å². The molecule has 0 aliphatic carbocycles. The van der Waals surface area contributed by atoms with E-state index in [1.54, 1.807) is 44.8 Å². The summed E-state index contributed by atoms with van der Waals surface area (Å²) in [7, 11) is 2.95. The van der Waals surface area contributed by atoms with Crippen molar-refractivity contribution in [2.45, 2.75) is 45.3 Å². The quantitative estimate of drug-likeness (QED) is 0.753. The number of esters is 1. The first kappa shape index (κ1) is 19.5. The molecule has 0 aliphatic rings. The van der Waals surface area contributed by atoms with Gasteiger partial charge < -0.3 is 19.4 Å². The lowest BCUT2D eigenvalue weighted by atomic mass is 10.1. The standard InChI is InChI=1S/C15H24N4O5/c1-15(2,3)24-14(22)17-10(12(21)23-5)6-7-11(20)18-13-16-8-9-19(13)4/h8-10H,6-7H2,1-5H3,(H,17,22)(H,16,18,20)/t10-/m0/s1. The lowest BCUT2D eigenvalue weighted by Crippen LogP contribution is -2.44. The van der Waals surface area contributed by atoms with E-state index in [4.69, 9.17) is 4.74 Å². The number of methoxy groups -OCH3 is 1. The molecule has 9 heteroatoms. The first-order chi connectivity index (χ1) is 11.1. The average molecular weight is 340 g/mol. The molecule has 2 amide bonds. The van der Waals surface area contributed by atoms with Crippen LogP contribution in [0.1, 0.15) is 33.6 Å². The average Bonchev–Trinajstić information content (AvgIpc) is 2.86. The predicted molar refractivity (Wildman–Crippen MR) is 86.2 cm³/mol. The molecule has 1 heterocycles. The number of nitrogens with one attached hydrogen (secondary N) is 2. The number of carbonyl (C=O) groups excluding carboxylic acids is 3. The van der Waals surface area contributed by atoms with Crippen LogP contribution in [0, 0.1) is 0 Å². The first-order valence-electron chi connectivity index (χ1n) is 7.47. The summed E-state index contributed by atoms with van der Waals surface area (Å²) in [6.07, 6.45) is 2.57. The summed E-state index contributed by atoms with van der Waals surface area (Å²) in [5, 5.41) is 5.02. The minimum atomic E-state index is -0.975. The molecule has 2 N–H and O–H groups in total. The smallest absolute Gasteiger partial charge is 0.408 e. The number of alkyl carbamates (subject to hydrolysis) is 1. The highest BCUT2D eigenvalue weighted by Gasteiger charge is 2.25. The van der Waals surface area contributed by atoms with Gasteiger partial charge in [-0.25, -0.2) is 14.6 Å². The van der Waals surface area contributed by atoms with E-state index in [1.165, 1.54) is 7.11 Å². The molecule has 0 unspecified atom stereocenters. The Hall–Kier alpha value is -2.58. The highest BCUT2D eigenvalue weighted by molar-refractivity contribution is 5.90. The van der Waals surface area contributed by atoms with Gasteiger partial charge in [-0.05, 0) is 27.2 Å². The molecule has 0 fully saturated rings. The predicted octanol–water partition coefficient (Wildman–Crippen LogP) is 1.21. The number of aryl methyl sites for hydroxylation is 1. The number of hydrogen-bond donors (Lipinski definition) is 2. The van der Waals surface area contributed by atoms with Crippen molar-refractivity contribution in [2.75, 3.05) is 12.4 Å². The third-order valence-electron chi connectivity index (χ3n) is 2.91. The Morgan fingerprint density at radius 3 is 2.50 bits per heavy atom. The highest BCUT2D eigenvalue weighted by Crippen LogP contribution is 2.09. The lowest BCUT2D eigenvalue weighted by Gasteiger charge is -2.22. The van der Waals surface area contributed by atoms with Crippen molar-refractivity contribution >= 4 is 23.9 Å². The monoisotopic (exact) mass is 340 g/mol. The van der Waals surface area contributed by atoms with Crippen molar-refractivity contribution in [3.05, 3.63) is 12.4 Å². The molecule has 0 aromatic carbocycles. The largest absolute Gasteiger partial charge is 0.467 e. The van der Waals surface area contributed by atoms with E-state index >= 15 is 0 Å². The number of ether oxygens (including phenoxy) is 2. The number of imidazole rings is 1. The van der Waals surface area contributed by atoms with Crippen LogP contribution >= 0.6 is 0 Å².